The summed E-state index contributed by atoms with van der Waals surface area (Å²) < 4.78 is 5.33. The second-order valence-corrected chi connectivity index (χ2v) is 5.75. The number of carbonyl (C=O) groups is 1. The molecule has 122 valence electrons. The maximum absolute atomic E-state index is 12.3. The second-order valence-electron chi connectivity index (χ2n) is 5.75. The van der Waals surface area contributed by atoms with Gasteiger partial charge in [-0.05, 0) is 37.0 Å². The molecule has 3 heteroatoms. The maximum atomic E-state index is 12.3. The van der Waals surface area contributed by atoms with E-state index in [1.807, 2.05) is 24.3 Å². The zero-order valence-corrected chi connectivity index (χ0v) is 14.1. The lowest BCUT2D eigenvalue weighted by Crippen LogP contribution is -2.28. The van der Waals surface area contributed by atoms with Gasteiger partial charge in [0.25, 0.3) is 0 Å². The molecule has 0 saturated carbocycles. The molecule has 3 nitrogen and oxygen atoms in total. The first-order valence-electron chi connectivity index (χ1n) is 8.12. The largest absolute Gasteiger partial charge is 0.496 e. The van der Waals surface area contributed by atoms with Crippen LogP contribution in [0.5, 0.6) is 5.75 Å². The molecule has 2 aromatic carbocycles. The topological polar surface area (TPSA) is 38.3 Å². The molecule has 0 saturated heterocycles. The van der Waals surface area contributed by atoms with Crippen molar-refractivity contribution in [3.05, 3.63) is 65.2 Å². The van der Waals surface area contributed by atoms with E-state index in [0.717, 1.165) is 23.3 Å². The predicted octanol–water partition coefficient (Wildman–Crippen LogP) is 4.20. The van der Waals surface area contributed by atoms with Crippen molar-refractivity contribution < 1.29 is 9.53 Å². The number of hydrogen-bond donors (Lipinski definition) is 1. The molecule has 0 aromatic heterocycles. The Morgan fingerprint density at radius 1 is 1.13 bits per heavy atom. The fraction of sp³-hybridized carbons (Fsp3) is 0.350. The van der Waals surface area contributed by atoms with Gasteiger partial charge in [-0.25, -0.2) is 0 Å². The van der Waals surface area contributed by atoms with E-state index >= 15 is 0 Å². The molecule has 0 aliphatic carbocycles. The van der Waals surface area contributed by atoms with E-state index in [0.29, 0.717) is 12.8 Å². The fourth-order valence-corrected chi connectivity index (χ4v) is 2.64. The molecule has 2 aromatic rings. The number of amides is 1. The number of nitrogens with one attached hydrogen (secondary N) is 1. The Bertz CT molecular complexity index is 634. The van der Waals surface area contributed by atoms with Crippen LogP contribution in [0.15, 0.2) is 48.5 Å². The van der Waals surface area contributed by atoms with Crippen LogP contribution in [0.2, 0.25) is 0 Å². The van der Waals surface area contributed by atoms with Crippen molar-refractivity contribution >= 4 is 5.91 Å². The average molecular weight is 311 g/mol. The summed E-state index contributed by atoms with van der Waals surface area (Å²) in [5.41, 5.74) is 3.45. The number of aryl methyl sites for hydroxylation is 2. The van der Waals surface area contributed by atoms with Crippen molar-refractivity contribution in [1.29, 1.82) is 0 Å². The lowest BCUT2D eigenvalue weighted by atomic mass is 10.0. The van der Waals surface area contributed by atoms with E-state index in [1.54, 1.807) is 7.11 Å². The minimum absolute atomic E-state index is 0.0702. The molecule has 0 bridgehead atoms. The van der Waals surface area contributed by atoms with Gasteiger partial charge in [0.15, 0.2) is 0 Å². The van der Waals surface area contributed by atoms with Crippen LogP contribution >= 0.6 is 0 Å². The molecule has 0 radical (unpaired) electrons. The molecule has 1 N–H and O–H groups in total. The normalized spacial score (nSPS) is 11.8. The highest BCUT2D eigenvalue weighted by molar-refractivity contribution is 5.76. The van der Waals surface area contributed by atoms with E-state index in [4.69, 9.17) is 4.74 Å². The number of ether oxygens (including phenoxy) is 1. The van der Waals surface area contributed by atoms with Gasteiger partial charge in [0, 0.05) is 6.42 Å². The molecular formula is C20H25NO2. The van der Waals surface area contributed by atoms with Crippen LogP contribution in [-0.2, 0) is 11.2 Å². The monoisotopic (exact) mass is 311 g/mol. The van der Waals surface area contributed by atoms with Gasteiger partial charge >= 0.3 is 0 Å². The highest BCUT2D eigenvalue weighted by atomic mass is 16.5. The zero-order chi connectivity index (χ0) is 16.7. The Labute approximate surface area is 138 Å². The van der Waals surface area contributed by atoms with E-state index in [-0.39, 0.29) is 11.9 Å². The van der Waals surface area contributed by atoms with Crippen LogP contribution in [0.4, 0.5) is 0 Å². The Balaban J connectivity index is 1.94. The molecule has 1 amide bonds. The quantitative estimate of drug-likeness (QED) is 0.832. The summed E-state index contributed by atoms with van der Waals surface area (Å²) in [6.07, 6.45) is 2.02. The van der Waals surface area contributed by atoms with Crippen molar-refractivity contribution in [2.45, 2.75) is 39.2 Å². The molecular weight excluding hydrogens is 286 g/mol. The summed E-state index contributed by atoms with van der Waals surface area (Å²) in [6.45, 7) is 4.15. The molecule has 0 fully saturated rings. The molecule has 0 spiro atoms. The third kappa shape index (κ3) is 4.85. The van der Waals surface area contributed by atoms with Crippen LogP contribution in [0.25, 0.3) is 0 Å². The Morgan fingerprint density at radius 3 is 2.48 bits per heavy atom. The number of carbonyl (C=O) groups excluding carboxylic acids is 1. The first-order valence-corrected chi connectivity index (χ1v) is 8.12. The maximum Gasteiger partial charge on any atom is 0.220 e. The summed E-state index contributed by atoms with van der Waals surface area (Å²) in [6, 6.07) is 16.2. The number of rotatable bonds is 7. The average Bonchev–Trinajstić information content (AvgIpc) is 2.59. The standard InChI is InChI=1S/C20H25NO2/c1-4-18(16-11-9-15(2)10-12-16)21-20(22)14-13-17-7-5-6-8-19(17)23-3/h5-12,18H,4,13-14H2,1-3H3,(H,21,22). The third-order valence-electron chi connectivity index (χ3n) is 4.04. The lowest BCUT2D eigenvalue weighted by Gasteiger charge is -2.18. The number of para-hydroxylation sites is 1. The van der Waals surface area contributed by atoms with Gasteiger partial charge in [-0.2, -0.15) is 0 Å². The molecule has 0 aliphatic rings. The van der Waals surface area contributed by atoms with Gasteiger partial charge in [0.05, 0.1) is 13.2 Å². The summed E-state index contributed by atoms with van der Waals surface area (Å²) in [4.78, 5) is 12.3. The van der Waals surface area contributed by atoms with Gasteiger partial charge in [0.2, 0.25) is 5.91 Å². The van der Waals surface area contributed by atoms with Crippen LogP contribution in [0, 0.1) is 6.92 Å². The predicted molar refractivity (Wildman–Crippen MR) is 93.7 cm³/mol. The van der Waals surface area contributed by atoms with Gasteiger partial charge < -0.3 is 10.1 Å². The molecule has 0 heterocycles. The minimum atomic E-state index is 0.0702. The van der Waals surface area contributed by atoms with Crippen molar-refractivity contribution in [3.63, 3.8) is 0 Å². The van der Waals surface area contributed by atoms with Crippen LogP contribution in [-0.4, -0.2) is 13.0 Å². The van der Waals surface area contributed by atoms with Gasteiger partial charge in [0.1, 0.15) is 5.75 Å². The van der Waals surface area contributed by atoms with Gasteiger partial charge in [-0.1, -0.05) is 55.0 Å². The van der Waals surface area contributed by atoms with E-state index in [9.17, 15) is 4.79 Å². The van der Waals surface area contributed by atoms with Crippen LogP contribution < -0.4 is 10.1 Å². The van der Waals surface area contributed by atoms with E-state index in [1.165, 1.54) is 5.56 Å². The number of methoxy groups -OCH3 is 1. The zero-order valence-electron chi connectivity index (χ0n) is 14.1. The highest BCUT2D eigenvalue weighted by Gasteiger charge is 2.13. The summed E-state index contributed by atoms with van der Waals surface area (Å²) >= 11 is 0. The Hall–Kier alpha value is -2.29. The van der Waals surface area contributed by atoms with Crippen molar-refractivity contribution in [2.75, 3.05) is 7.11 Å². The Kier molecular flexibility index (Phi) is 6.21. The summed E-state index contributed by atoms with van der Waals surface area (Å²) in [7, 11) is 1.66. The molecule has 1 unspecified atom stereocenters. The van der Waals surface area contributed by atoms with Gasteiger partial charge in [-0.15, -0.1) is 0 Å². The Morgan fingerprint density at radius 2 is 1.83 bits per heavy atom. The number of hydrogen-bond acceptors (Lipinski definition) is 2. The van der Waals surface area contributed by atoms with Crippen LogP contribution in [0.3, 0.4) is 0 Å². The molecule has 1 atom stereocenters. The summed E-state index contributed by atoms with van der Waals surface area (Å²) in [5.74, 6) is 0.911. The van der Waals surface area contributed by atoms with Crippen molar-refractivity contribution in [2.24, 2.45) is 0 Å². The van der Waals surface area contributed by atoms with Crippen molar-refractivity contribution in [3.8, 4) is 5.75 Å². The minimum Gasteiger partial charge on any atom is -0.496 e. The van der Waals surface area contributed by atoms with Crippen LogP contribution in [0.1, 0.15) is 42.5 Å². The lowest BCUT2D eigenvalue weighted by molar-refractivity contribution is -0.121. The molecule has 2 rings (SSSR count). The first kappa shape index (κ1) is 17.1. The summed E-state index contributed by atoms with van der Waals surface area (Å²) in [5, 5.41) is 3.13. The first-order chi connectivity index (χ1) is 11.1. The second kappa shape index (κ2) is 8.37. The van der Waals surface area contributed by atoms with Gasteiger partial charge in [-0.3, -0.25) is 4.79 Å². The molecule has 23 heavy (non-hydrogen) atoms. The van der Waals surface area contributed by atoms with E-state index < -0.39 is 0 Å². The number of benzene rings is 2. The molecule has 0 aliphatic heterocycles. The fourth-order valence-electron chi connectivity index (χ4n) is 2.64. The van der Waals surface area contributed by atoms with E-state index in [2.05, 4.69) is 43.4 Å². The van der Waals surface area contributed by atoms with Crippen molar-refractivity contribution in [1.82, 2.24) is 5.32 Å². The third-order valence-corrected chi connectivity index (χ3v) is 4.04. The smallest absolute Gasteiger partial charge is 0.220 e. The SMILES string of the molecule is CCC(NC(=O)CCc1ccccc1OC)c1ccc(C)cc1. The highest BCUT2D eigenvalue weighted by Crippen LogP contribution is 2.20.